The van der Waals surface area contributed by atoms with Gasteiger partial charge in [0.05, 0.1) is 12.6 Å². The highest BCUT2D eigenvalue weighted by molar-refractivity contribution is 7.98. The Morgan fingerprint density at radius 3 is 2.41 bits per heavy atom. The minimum absolute atomic E-state index is 0.0785. The number of halogens is 1. The van der Waals surface area contributed by atoms with E-state index < -0.39 is 0 Å². The van der Waals surface area contributed by atoms with Crippen LogP contribution < -0.4 is 5.32 Å². The molecular weight excluding hydrogens is 431 g/mol. The van der Waals surface area contributed by atoms with E-state index >= 15 is 0 Å². The number of amides is 1. The molecule has 1 amide bonds. The fourth-order valence-corrected chi connectivity index (χ4v) is 4.19. The Balaban J connectivity index is 1.59. The number of carbonyl (C=O) groups is 1. The molecule has 1 N–H and O–H groups in total. The average Bonchev–Trinajstić information content (AvgIpc) is 3.20. The Bertz CT molecular complexity index is 1010. The zero-order valence-electron chi connectivity index (χ0n) is 18.4. The molecule has 0 spiro atoms. The van der Waals surface area contributed by atoms with Gasteiger partial charge in [-0.3, -0.25) is 9.36 Å². The van der Waals surface area contributed by atoms with Crippen LogP contribution in [0.4, 0.5) is 4.39 Å². The molecule has 0 unspecified atom stereocenters. The Morgan fingerprint density at radius 1 is 1.06 bits per heavy atom. The van der Waals surface area contributed by atoms with E-state index in [9.17, 15) is 9.18 Å². The fraction of sp³-hybridized carbons (Fsp3) is 0.348. The van der Waals surface area contributed by atoms with Crippen LogP contribution in [0, 0.1) is 5.82 Å². The molecule has 0 aliphatic rings. The van der Waals surface area contributed by atoms with Crippen molar-refractivity contribution in [2.24, 2.45) is 0 Å². The van der Waals surface area contributed by atoms with E-state index in [0.29, 0.717) is 31.1 Å². The van der Waals surface area contributed by atoms with Crippen molar-refractivity contribution in [1.29, 1.82) is 0 Å². The normalized spacial score (nSPS) is 12.0. The second-order valence-electron chi connectivity index (χ2n) is 7.30. The van der Waals surface area contributed by atoms with E-state index in [1.807, 2.05) is 16.7 Å². The molecule has 3 aromatic rings. The van der Waals surface area contributed by atoms with Crippen molar-refractivity contribution in [1.82, 2.24) is 20.1 Å². The molecule has 170 valence electrons. The third kappa shape index (κ3) is 6.38. The number of carbonyl (C=O) groups excluding carboxylic acids is 1. The van der Waals surface area contributed by atoms with Crippen molar-refractivity contribution in [3.63, 3.8) is 0 Å². The monoisotopic (exact) mass is 458 g/mol. The summed E-state index contributed by atoms with van der Waals surface area (Å²) in [6.07, 6.45) is 0. The maximum absolute atomic E-state index is 13.0. The SMILES string of the molecule is COCc1nnc(SCc2ccc(C(=O)NCc3ccc(F)cc3)cc2)n1[C@H](C)COC. The highest BCUT2D eigenvalue weighted by Crippen LogP contribution is 2.26. The van der Waals surface area contributed by atoms with Crippen molar-refractivity contribution in [2.45, 2.75) is 37.0 Å². The van der Waals surface area contributed by atoms with Gasteiger partial charge < -0.3 is 14.8 Å². The van der Waals surface area contributed by atoms with E-state index in [-0.39, 0.29) is 17.8 Å². The van der Waals surface area contributed by atoms with E-state index in [2.05, 4.69) is 22.4 Å². The Hall–Kier alpha value is -2.75. The van der Waals surface area contributed by atoms with E-state index in [1.54, 1.807) is 50.2 Å². The lowest BCUT2D eigenvalue weighted by atomic mass is 10.1. The Labute approximate surface area is 191 Å². The standard InChI is InChI=1S/C23H27FN4O3S/c1-16(13-30-2)28-21(14-31-3)26-27-23(28)32-15-18-4-8-19(9-5-18)22(29)25-12-17-6-10-20(24)11-7-17/h4-11,16H,12-15H2,1-3H3,(H,25,29)/t16-/m1/s1. The number of nitrogens with one attached hydrogen (secondary N) is 1. The van der Waals surface area contributed by atoms with Crippen LogP contribution >= 0.6 is 11.8 Å². The zero-order valence-corrected chi connectivity index (χ0v) is 19.2. The molecule has 1 heterocycles. The minimum atomic E-state index is -0.296. The van der Waals surface area contributed by atoms with Crippen LogP contribution in [0.25, 0.3) is 0 Å². The molecule has 0 aliphatic carbocycles. The first-order chi connectivity index (χ1) is 15.5. The van der Waals surface area contributed by atoms with Gasteiger partial charge in [-0.15, -0.1) is 10.2 Å². The van der Waals surface area contributed by atoms with Gasteiger partial charge >= 0.3 is 0 Å². The molecule has 1 atom stereocenters. The summed E-state index contributed by atoms with van der Waals surface area (Å²) in [4.78, 5) is 12.4. The Morgan fingerprint density at radius 2 is 1.75 bits per heavy atom. The number of rotatable bonds is 11. The molecule has 0 fully saturated rings. The molecule has 2 aromatic carbocycles. The van der Waals surface area contributed by atoms with Gasteiger partial charge in [0.2, 0.25) is 0 Å². The number of thioether (sulfide) groups is 1. The van der Waals surface area contributed by atoms with Crippen LogP contribution in [0.1, 0.15) is 40.3 Å². The summed E-state index contributed by atoms with van der Waals surface area (Å²) in [6.45, 7) is 3.32. The summed E-state index contributed by atoms with van der Waals surface area (Å²) in [7, 11) is 3.30. The topological polar surface area (TPSA) is 78.3 Å². The fourth-order valence-electron chi connectivity index (χ4n) is 3.18. The molecule has 1 aromatic heterocycles. The van der Waals surface area contributed by atoms with Gasteiger partial charge in [0, 0.05) is 32.1 Å². The van der Waals surface area contributed by atoms with E-state index in [0.717, 1.165) is 22.1 Å². The molecule has 0 aliphatic heterocycles. The summed E-state index contributed by atoms with van der Waals surface area (Å²) < 4.78 is 25.5. The lowest BCUT2D eigenvalue weighted by Gasteiger charge is -2.17. The van der Waals surface area contributed by atoms with E-state index in [1.165, 1.54) is 12.1 Å². The smallest absolute Gasteiger partial charge is 0.251 e. The van der Waals surface area contributed by atoms with Gasteiger partial charge in [-0.2, -0.15) is 0 Å². The molecule has 3 rings (SSSR count). The number of aromatic nitrogens is 3. The molecule has 0 bridgehead atoms. The molecule has 0 radical (unpaired) electrons. The lowest BCUT2D eigenvalue weighted by molar-refractivity contribution is 0.0951. The van der Waals surface area contributed by atoms with Crippen LogP contribution in [0.5, 0.6) is 0 Å². The average molecular weight is 459 g/mol. The first-order valence-corrected chi connectivity index (χ1v) is 11.2. The third-order valence-corrected chi connectivity index (χ3v) is 5.82. The highest BCUT2D eigenvalue weighted by Gasteiger charge is 2.18. The predicted octanol–water partition coefficient (Wildman–Crippen LogP) is 3.99. The maximum Gasteiger partial charge on any atom is 0.251 e. The summed E-state index contributed by atoms with van der Waals surface area (Å²) >= 11 is 1.57. The summed E-state index contributed by atoms with van der Waals surface area (Å²) in [5.41, 5.74) is 2.47. The number of ether oxygens (including phenoxy) is 2. The summed E-state index contributed by atoms with van der Waals surface area (Å²) in [5, 5.41) is 12.2. The van der Waals surface area contributed by atoms with Crippen molar-refractivity contribution in [3.05, 3.63) is 76.9 Å². The number of nitrogens with zero attached hydrogens (tertiary/aromatic N) is 3. The number of hydrogen-bond donors (Lipinski definition) is 1. The number of methoxy groups -OCH3 is 2. The van der Waals surface area contributed by atoms with Crippen LogP contribution in [0.3, 0.4) is 0 Å². The molecule has 0 saturated carbocycles. The zero-order chi connectivity index (χ0) is 22.9. The van der Waals surface area contributed by atoms with Gasteiger partial charge in [0.15, 0.2) is 11.0 Å². The van der Waals surface area contributed by atoms with Gasteiger partial charge in [-0.1, -0.05) is 36.0 Å². The summed E-state index contributed by atoms with van der Waals surface area (Å²) in [5.74, 6) is 0.968. The third-order valence-electron chi connectivity index (χ3n) is 4.81. The van der Waals surface area contributed by atoms with Crippen LogP contribution in [-0.4, -0.2) is 41.5 Å². The summed E-state index contributed by atoms with van der Waals surface area (Å²) in [6, 6.07) is 13.6. The molecule has 7 nitrogen and oxygen atoms in total. The van der Waals surface area contributed by atoms with Crippen molar-refractivity contribution < 1.29 is 18.7 Å². The number of benzene rings is 2. The van der Waals surface area contributed by atoms with Crippen LogP contribution in [0.15, 0.2) is 53.7 Å². The highest BCUT2D eigenvalue weighted by atomic mass is 32.2. The number of hydrogen-bond acceptors (Lipinski definition) is 6. The van der Waals surface area contributed by atoms with Gasteiger partial charge in [0.1, 0.15) is 12.4 Å². The van der Waals surface area contributed by atoms with Crippen molar-refractivity contribution in [2.75, 3.05) is 20.8 Å². The quantitative estimate of drug-likeness (QED) is 0.438. The van der Waals surface area contributed by atoms with Crippen molar-refractivity contribution >= 4 is 17.7 Å². The first-order valence-electron chi connectivity index (χ1n) is 10.2. The van der Waals surface area contributed by atoms with Crippen LogP contribution in [0.2, 0.25) is 0 Å². The lowest BCUT2D eigenvalue weighted by Crippen LogP contribution is -2.22. The maximum atomic E-state index is 13.0. The second kappa shape index (κ2) is 11.8. The van der Waals surface area contributed by atoms with Gasteiger partial charge in [0.25, 0.3) is 5.91 Å². The van der Waals surface area contributed by atoms with Gasteiger partial charge in [-0.05, 0) is 42.3 Å². The first kappa shape index (κ1) is 23.9. The van der Waals surface area contributed by atoms with Gasteiger partial charge in [-0.25, -0.2) is 4.39 Å². The minimum Gasteiger partial charge on any atom is -0.383 e. The molecule has 9 heteroatoms. The predicted molar refractivity (Wildman–Crippen MR) is 121 cm³/mol. The van der Waals surface area contributed by atoms with Crippen LogP contribution in [-0.2, 0) is 28.4 Å². The van der Waals surface area contributed by atoms with E-state index in [4.69, 9.17) is 9.47 Å². The molecular formula is C23H27FN4O3S. The van der Waals surface area contributed by atoms with Crippen molar-refractivity contribution in [3.8, 4) is 0 Å². The Kier molecular flexibility index (Phi) is 8.78. The second-order valence-corrected chi connectivity index (χ2v) is 8.24. The molecule has 32 heavy (non-hydrogen) atoms. The largest absolute Gasteiger partial charge is 0.383 e. The molecule has 0 saturated heterocycles.